The van der Waals surface area contributed by atoms with Crippen LogP contribution in [0.3, 0.4) is 0 Å². The van der Waals surface area contributed by atoms with E-state index in [9.17, 15) is 9.90 Å². The number of amides is 1. The molecule has 0 saturated heterocycles. The molecule has 1 amide bonds. The highest BCUT2D eigenvalue weighted by Gasteiger charge is 2.26. The summed E-state index contributed by atoms with van der Waals surface area (Å²) in [6.45, 7) is 1.75. The Bertz CT molecular complexity index is 1050. The normalized spacial score (nSPS) is 16.7. The van der Waals surface area contributed by atoms with Crippen LogP contribution in [-0.4, -0.2) is 42.0 Å². The largest absolute Gasteiger partial charge is 0.380 e. The van der Waals surface area contributed by atoms with Crippen LogP contribution in [0.5, 0.6) is 0 Å². The maximum atomic E-state index is 13.0. The highest BCUT2D eigenvalue weighted by atomic mass is 16.3. The summed E-state index contributed by atoms with van der Waals surface area (Å²) in [4.78, 5) is 14.9. The Morgan fingerprint density at radius 2 is 2.00 bits per heavy atom. The summed E-state index contributed by atoms with van der Waals surface area (Å²) in [6.07, 6.45) is 4.20. The number of aromatic nitrogens is 4. The fourth-order valence-electron chi connectivity index (χ4n) is 4.29. The van der Waals surface area contributed by atoms with E-state index in [1.54, 1.807) is 24.0 Å². The van der Waals surface area contributed by atoms with E-state index in [1.165, 1.54) is 17.5 Å². The SMILES string of the molecule is Cn1nccc1[C@H](O)c1cc2n(n1)CCN(C(=O)c1ccc3c(c1)CCC3)C2. The zero-order chi connectivity index (χ0) is 19.3. The van der Waals surface area contributed by atoms with Crippen LogP contribution in [0, 0.1) is 0 Å². The zero-order valence-corrected chi connectivity index (χ0v) is 15.9. The van der Waals surface area contributed by atoms with E-state index in [-0.39, 0.29) is 5.91 Å². The van der Waals surface area contributed by atoms with Gasteiger partial charge in [0, 0.05) is 25.4 Å². The molecule has 0 bridgehead atoms. The Morgan fingerprint density at radius 3 is 2.82 bits per heavy atom. The summed E-state index contributed by atoms with van der Waals surface area (Å²) in [5, 5.41) is 19.3. The first-order valence-corrected chi connectivity index (χ1v) is 9.74. The summed E-state index contributed by atoms with van der Waals surface area (Å²) in [5.41, 5.74) is 5.68. The number of rotatable bonds is 3. The Labute approximate surface area is 163 Å². The van der Waals surface area contributed by atoms with E-state index in [1.807, 2.05) is 21.7 Å². The molecule has 1 atom stereocenters. The molecule has 144 valence electrons. The van der Waals surface area contributed by atoms with Gasteiger partial charge in [-0.3, -0.25) is 14.2 Å². The first kappa shape index (κ1) is 17.2. The Hall–Kier alpha value is -2.93. The van der Waals surface area contributed by atoms with Crippen molar-refractivity contribution in [3.63, 3.8) is 0 Å². The molecule has 1 N–H and O–H groups in total. The average molecular weight is 377 g/mol. The molecule has 0 fully saturated rings. The molecule has 0 radical (unpaired) electrons. The van der Waals surface area contributed by atoms with Crippen molar-refractivity contribution in [3.8, 4) is 0 Å². The molecular formula is C21H23N5O2. The van der Waals surface area contributed by atoms with Crippen molar-refractivity contribution < 1.29 is 9.90 Å². The molecule has 7 heteroatoms. The second-order valence-corrected chi connectivity index (χ2v) is 7.63. The second kappa shape index (κ2) is 6.60. The van der Waals surface area contributed by atoms with Gasteiger partial charge in [0.2, 0.25) is 0 Å². The summed E-state index contributed by atoms with van der Waals surface area (Å²) >= 11 is 0. The first-order valence-electron chi connectivity index (χ1n) is 9.74. The number of carbonyl (C=O) groups excluding carboxylic acids is 1. The number of hydrogen-bond acceptors (Lipinski definition) is 4. The lowest BCUT2D eigenvalue weighted by Crippen LogP contribution is -2.38. The summed E-state index contributed by atoms with van der Waals surface area (Å²) in [6, 6.07) is 9.79. The van der Waals surface area contributed by atoms with Crippen LogP contribution in [0.2, 0.25) is 0 Å². The van der Waals surface area contributed by atoms with Crippen molar-refractivity contribution in [1.29, 1.82) is 0 Å². The monoisotopic (exact) mass is 377 g/mol. The number of benzene rings is 1. The van der Waals surface area contributed by atoms with Gasteiger partial charge in [-0.15, -0.1) is 0 Å². The molecule has 3 heterocycles. The summed E-state index contributed by atoms with van der Waals surface area (Å²) in [5.74, 6) is 0.0656. The van der Waals surface area contributed by atoms with Gasteiger partial charge in [-0.05, 0) is 54.7 Å². The first-order chi connectivity index (χ1) is 13.6. The van der Waals surface area contributed by atoms with Crippen LogP contribution < -0.4 is 0 Å². The molecule has 0 saturated carbocycles. The minimum absolute atomic E-state index is 0.0656. The molecule has 5 rings (SSSR count). The molecule has 2 aromatic heterocycles. The number of aliphatic hydroxyl groups excluding tert-OH is 1. The van der Waals surface area contributed by atoms with Crippen LogP contribution in [0.25, 0.3) is 0 Å². The van der Waals surface area contributed by atoms with Crippen molar-refractivity contribution in [2.24, 2.45) is 7.05 Å². The fraction of sp³-hybridized carbons (Fsp3) is 0.381. The van der Waals surface area contributed by atoms with Gasteiger partial charge in [0.1, 0.15) is 6.10 Å². The summed E-state index contributed by atoms with van der Waals surface area (Å²) < 4.78 is 3.54. The van der Waals surface area contributed by atoms with E-state index in [0.717, 1.165) is 24.1 Å². The van der Waals surface area contributed by atoms with Gasteiger partial charge < -0.3 is 10.0 Å². The van der Waals surface area contributed by atoms with E-state index < -0.39 is 6.10 Å². The molecule has 0 spiro atoms. The minimum atomic E-state index is -0.827. The van der Waals surface area contributed by atoms with Crippen molar-refractivity contribution >= 4 is 5.91 Å². The van der Waals surface area contributed by atoms with Gasteiger partial charge in [0.25, 0.3) is 5.91 Å². The Balaban J connectivity index is 1.36. The van der Waals surface area contributed by atoms with Crippen molar-refractivity contribution in [3.05, 3.63) is 70.3 Å². The third-order valence-corrected chi connectivity index (χ3v) is 5.87. The maximum Gasteiger partial charge on any atom is 0.254 e. The summed E-state index contributed by atoms with van der Waals surface area (Å²) in [7, 11) is 1.80. The predicted molar refractivity (Wildman–Crippen MR) is 103 cm³/mol. The second-order valence-electron chi connectivity index (χ2n) is 7.63. The molecule has 1 aliphatic heterocycles. The van der Waals surface area contributed by atoms with Crippen LogP contribution in [0.15, 0.2) is 36.5 Å². The topological polar surface area (TPSA) is 76.2 Å². The van der Waals surface area contributed by atoms with Crippen molar-refractivity contribution in [2.45, 2.75) is 38.5 Å². The van der Waals surface area contributed by atoms with Crippen molar-refractivity contribution in [1.82, 2.24) is 24.5 Å². The molecule has 3 aromatic rings. The van der Waals surface area contributed by atoms with Gasteiger partial charge >= 0.3 is 0 Å². The number of aliphatic hydroxyl groups is 1. The smallest absolute Gasteiger partial charge is 0.254 e. The molecule has 1 aromatic carbocycles. The molecule has 28 heavy (non-hydrogen) atoms. The third kappa shape index (κ3) is 2.82. The van der Waals surface area contributed by atoms with Gasteiger partial charge in [-0.1, -0.05) is 6.07 Å². The van der Waals surface area contributed by atoms with Gasteiger partial charge in [0.15, 0.2) is 0 Å². The van der Waals surface area contributed by atoms with Gasteiger partial charge in [-0.2, -0.15) is 10.2 Å². The maximum absolute atomic E-state index is 13.0. The van der Waals surface area contributed by atoms with Crippen LogP contribution in [0.4, 0.5) is 0 Å². The number of hydrogen-bond donors (Lipinski definition) is 1. The van der Waals surface area contributed by atoms with Crippen LogP contribution in [-0.2, 0) is 33.0 Å². The minimum Gasteiger partial charge on any atom is -0.380 e. The number of fused-ring (bicyclic) bond motifs is 2. The van der Waals surface area contributed by atoms with Crippen molar-refractivity contribution in [2.75, 3.05) is 6.54 Å². The Morgan fingerprint density at radius 1 is 1.14 bits per heavy atom. The molecule has 2 aliphatic rings. The third-order valence-electron chi connectivity index (χ3n) is 5.87. The molecular weight excluding hydrogens is 354 g/mol. The predicted octanol–water partition coefficient (Wildman–Crippen LogP) is 1.84. The number of nitrogens with zero attached hydrogens (tertiary/aromatic N) is 5. The average Bonchev–Trinajstić information content (AvgIpc) is 3.44. The van der Waals surface area contributed by atoms with E-state index in [0.29, 0.717) is 31.0 Å². The molecule has 0 unspecified atom stereocenters. The van der Waals surface area contributed by atoms with Gasteiger partial charge in [0.05, 0.1) is 30.2 Å². The highest BCUT2D eigenvalue weighted by Crippen LogP contribution is 2.26. The van der Waals surface area contributed by atoms with Crippen LogP contribution in [0.1, 0.15) is 51.1 Å². The lowest BCUT2D eigenvalue weighted by molar-refractivity contribution is 0.0705. The van der Waals surface area contributed by atoms with E-state index in [2.05, 4.69) is 22.3 Å². The quantitative estimate of drug-likeness (QED) is 0.756. The van der Waals surface area contributed by atoms with E-state index >= 15 is 0 Å². The standard InChI is InChI=1S/C21H23N5O2/c1-24-19(7-8-22-24)20(27)18-12-17-13-25(9-10-26(17)23-18)21(28)16-6-5-14-3-2-4-15(14)11-16/h5-8,11-12,20,27H,2-4,9-10,13H2,1H3/t20-/m1/s1. The fourth-order valence-corrected chi connectivity index (χ4v) is 4.29. The molecule has 7 nitrogen and oxygen atoms in total. The number of carbonyl (C=O) groups is 1. The number of aryl methyl sites for hydroxylation is 3. The van der Waals surface area contributed by atoms with E-state index in [4.69, 9.17) is 0 Å². The lowest BCUT2D eigenvalue weighted by atomic mass is 10.1. The Kier molecular flexibility index (Phi) is 4.05. The lowest BCUT2D eigenvalue weighted by Gasteiger charge is -2.28. The van der Waals surface area contributed by atoms with Gasteiger partial charge in [-0.25, -0.2) is 0 Å². The highest BCUT2D eigenvalue weighted by molar-refractivity contribution is 5.94. The molecule has 1 aliphatic carbocycles. The zero-order valence-electron chi connectivity index (χ0n) is 15.9. The van der Waals surface area contributed by atoms with Crippen LogP contribution >= 0.6 is 0 Å².